The van der Waals surface area contributed by atoms with Gasteiger partial charge >= 0.3 is 0 Å². The number of amides is 2. The van der Waals surface area contributed by atoms with E-state index in [0.717, 1.165) is 23.6 Å². The Morgan fingerprint density at radius 1 is 1.00 bits per heavy atom. The SMILES string of the molecule is CCCC(C)CNC(=O)c1ncccc1NC(=O)c1cccc2ccccc12. The van der Waals surface area contributed by atoms with E-state index in [4.69, 9.17) is 0 Å². The van der Waals surface area contributed by atoms with E-state index in [1.54, 1.807) is 24.4 Å². The first-order chi connectivity index (χ1) is 13.6. The Labute approximate surface area is 165 Å². The van der Waals surface area contributed by atoms with Crippen LogP contribution >= 0.6 is 0 Å². The summed E-state index contributed by atoms with van der Waals surface area (Å²) in [7, 11) is 0. The van der Waals surface area contributed by atoms with E-state index in [0.29, 0.717) is 23.7 Å². The van der Waals surface area contributed by atoms with Crippen molar-refractivity contribution in [2.75, 3.05) is 11.9 Å². The van der Waals surface area contributed by atoms with Crippen molar-refractivity contribution in [2.45, 2.75) is 26.7 Å². The molecule has 2 amide bonds. The van der Waals surface area contributed by atoms with Gasteiger partial charge < -0.3 is 10.6 Å². The average Bonchev–Trinajstić information content (AvgIpc) is 2.72. The summed E-state index contributed by atoms with van der Waals surface area (Å²) in [6, 6.07) is 16.7. The van der Waals surface area contributed by atoms with Gasteiger partial charge in [0.25, 0.3) is 11.8 Å². The van der Waals surface area contributed by atoms with Gasteiger partial charge in [0, 0.05) is 18.3 Å². The van der Waals surface area contributed by atoms with Crippen molar-refractivity contribution < 1.29 is 9.59 Å². The van der Waals surface area contributed by atoms with Crippen molar-refractivity contribution in [3.8, 4) is 0 Å². The highest BCUT2D eigenvalue weighted by Gasteiger charge is 2.17. The molecule has 0 aliphatic rings. The number of anilines is 1. The number of fused-ring (bicyclic) bond motifs is 1. The third-order valence-corrected chi connectivity index (χ3v) is 4.70. The normalized spacial score (nSPS) is 11.8. The van der Waals surface area contributed by atoms with Gasteiger partial charge in [-0.1, -0.05) is 56.7 Å². The highest BCUT2D eigenvalue weighted by atomic mass is 16.2. The molecule has 1 aromatic heterocycles. The van der Waals surface area contributed by atoms with Crippen molar-refractivity contribution in [1.29, 1.82) is 0 Å². The van der Waals surface area contributed by atoms with Crippen molar-refractivity contribution in [3.63, 3.8) is 0 Å². The Kier molecular flexibility index (Phi) is 6.37. The van der Waals surface area contributed by atoms with Gasteiger partial charge in [0.1, 0.15) is 0 Å². The highest BCUT2D eigenvalue weighted by molar-refractivity contribution is 6.14. The number of pyridine rings is 1. The first-order valence-corrected chi connectivity index (χ1v) is 9.62. The van der Waals surface area contributed by atoms with Crippen molar-refractivity contribution in [1.82, 2.24) is 10.3 Å². The van der Waals surface area contributed by atoms with Crippen LogP contribution in [0.25, 0.3) is 10.8 Å². The Morgan fingerprint density at radius 2 is 1.79 bits per heavy atom. The van der Waals surface area contributed by atoms with Gasteiger partial charge in [0.2, 0.25) is 0 Å². The third kappa shape index (κ3) is 4.55. The number of nitrogens with one attached hydrogen (secondary N) is 2. The van der Waals surface area contributed by atoms with Gasteiger partial charge in [-0.2, -0.15) is 0 Å². The molecule has 0 spiro atoms. The standard InChI is InChI=1S/C23H25N3O2/c1-3-8-16(2)15-25-23(28)21-20(13-7-14-24-21)26-22(27)19-12-6-10-17-9-4-5-11-18(17)19/h4-7,9-14,16H,3,8,15H2,1-2H3,(H,25,28)(H,26,27). The number of hydrogen-bond donors (Lipinski definition) is 2. The minimum atomic E-state index is -0.281. The summed E-state index contributed by atoms with van der Waals surface area (Å²) in [6.07, 6.45) is 3.68. The molecule has 0 saturated carbocycles. The summed E-state index contributed by atoms with van der Waals surface area (Å²) < 4.78 is 0. The molecule has 0 aliphatic carbocycles. The van der Waals surface area contributed by atoms with Gasteiger partial charge in [0.15, 0.2) is 5.69 Å². The van der Waals surface area contributed by atoms with Gasteiger partial charge in [-0.25, -0.2) is 4.98 Å². The van der Waals surface area contributed by atoms with Crippen LogP contribution in [0.4, 0.5) is 5.69 Å². The molecule has 3 aromatic rings. The van der Waals surface area contributed by atoms with E-state index in [1.807, 2.05) is 36.4 Å². The van der Waals surface area contributed by atoms with E-state index in [-0.39, 0.29) is 17.5 Å². The molecule has 3 rings (SSSR count). The van der Waals surface area contributed by atoms with E-state index < -0.39 is 0 Å². The second-order valence-electron chi connectivity index (χ2n) is 6.98. The summed E-state index contributed by atoms with van der Waals surface area (Å²) in [5, 5.41) is 7.62. The zero-order chi connectivity index (χ0) is 19.9. The molecule has 5 nitrogen and oxygen atoms in total. The molecule has 144 valence electrons. The number of carbonyl (C=O) groups is 2. The molecule has 2 N–H and O–H groups in total. The third-order valence-electron chi connectivity index (χ3n) is 4.70. The minimum Gasteiger partial charge on any atom is -0.350 e. The van der Waals surface area contributed by atoms with E-state index >= 15 is 0 Å². The Hall–Kier alpha value is -3.21. The lowest BCUT2D eigenvalue weighted by atomic mass is 10.0. The largest absolute Gasteiger partial charge is 0.350 e. The number of nitrogens with zero attached hydrogens (tertiary/aromatic N) is 1. The van der Waals surface area contributed by atoms with E-state index in [1.165, 1.54) is 0 Å². The van der Waals surface area contributed by atoms with Gasteiger partial charge in [-0.05, 0) is 41.3 Å². The highest BCUT2D eigenvalue weighted by Crippen LogP contribution is 2.21. The molecule has 1 atom stereocenters. The van der Waals surface area contributed by atoms with Gasteiger partial charge in [-0.15, -0.1) is 0 Å². The van der Waals surface area contributed by atoms with Crippen LogP contribution in [0.15, 0.2) is 60.8 Å². The molecule has 0 fully saturated rings. The molecule has 1 heterocycles. The number of hydrogen-bond acceptors (Lipinski definition) is 3. The lowest BCUT2D eigenvalue weighted by Gasteiger charge is -2.14. The van der Waals surface area contributed by atoms with Crippen LogP contribution in [-0.4, -0.2) is 23.3 Å². The molecule has 5 heteroatoms. The molecule has 0 saturated heterocycles. The fourth-order valence-electron chi connectivity index (χ4n) is 3.25. The summed E-state index contributed by atoms with van der Waals surface area (Å²) in [4.78, 5) is 29.6. The monoisotopic (exact) mass is 375 g/mol. The predicted octanol–water partition coefficient (Wildman–Crippen LogP) is 4.65. The number of aromatic nitrogens is 1. The fraction of sp³-hybridized carbons (Fsp3) is 0.261. The van der Waals surface area contributed by atoms with Crippen molar-refractivity contribution >= 4 is 28.3 Å². The Balaban J connectivity index is 1.79. The summed E-state index contributed by atoms with van der Waals surface area (Å²) >= 11 is 0. The van der Waals surface area contributed by atoms with Crippen LogP contribution in [-0.2, 0) is 0 Å². The molecule has 28 heavy (non-hydrogen) atoms. The van der Waals surface area contributed by atoms with Gasteiger partial charge in [0.05, 0.1) is 5.69 Å². The average molecular weight is 375 g/mol. The predicted molar refractivity (Wildman–Crippen MR) is 113 cm³/mol. The lowest BCUT2D eigenvalue weighted by Crippen LogP contribution is -2.30. The Morgan fingerprint density at radius 3 is 2.61 bits per heavy atom. The number of carbonyl (C=O) groups excluding carboxylic acids is 2. The maximum atomic E-state index is 12.9. The van der Waals surface area contributed by atoms with E-state index in [9.17, 15) is 9.59 Å². The zero-order valence-electron chi connectivity index (χ0n) is 16.2. The van der Waals surface area contributed by atoms with Crippen LogP contribution in [0.5, 0.6) is 0 Å². The van der Waals surface area contributed by atoms with Gasteiger partial charge in [-0.3, -0.25) is 9.59 Å². The minimum absolute atomic E-state index is 0.222. The van der Waals surface area contributed by atoms with Crippen molar-refractivity contribution in [2.24, 2.45) is 5.92 Å². The molecule has 0 radical (unpaired) electrons. The van der Waals surface area contributed by atoms with Crippen LogP contribution in [0, 0.1) is 5.92 Å². The topological polar surface area (TPSA) is 71.1 Å². The molecular formula is C23H25N3O2. The maximum absolute atomic E-state index is 12.9. The van der Waals surface area contributed by atoms with Crippen molar-refractivity contribution in [3.05, 3.63) is 72.1 Å². The smallest absolute Gasteiger partial charge is 0.272 e. The van der Waals surface area contributed by atoms with Crippen LogP contribution in [0.2, 0.25) is 0 Å². The molecular weight excluding hydrogens is 350 g/mol. The quantitative estimate of drug-likeness (QED) is 0.631. The molecule has 0 aliphatic heterocycles. The second-order valence-corrected chi connectivity index (χ2v) is 6.98. The first kappa shape index (κ1) is 19.5. The summed E-state index contributed by atoms with van der Waals surface area (Å²) in [5.41, 5.74) is 1.19. The van der Waals surface area contributed by atoms with Crippen LogP contribution in [0.3, 0.4) is 0 Å². The first-order valence-electron chi connectivity index (χ1n) is 9.62. The van der Waals surface area contributed by atoms with E-state index in [2.05, 4.69) is 29.5 Å². The summed E-state index contributed by atoms with van der Waals surface area (Å²) in [6.45, 7) is 4.81. The zero-order valence-corrected chi connectivity index (χ0v) is 16.2. The van der Waals surface area contributed by atoms with Crippen LogP contribution < -0.4 is 10.6 Å². The molecule has 2 aromatic carbocycles. The molecule has 1 unspecified atom stereocenters. The Bertz CT molecular complexity index is 979. The summed E-state index contributed by atoms with van der Waals surface area (Å²) in [5.74, 6) is -0.152. The number of benzene rings is 2. The number of rotatable bonds is 7. The fourth-order valence-corrected chi connectivity index (χ4v) is 3.25. The second kappa shape index (κ2) is 9.13. The molecule has 0 bridgehead atoms. The van der Waals surface area contributed by atoms with Crippen LogP contribution in [0.1, 0.15) is 47.5 Å². The lowest BCUT2D eigenvalue weighted by molar-refractivity contribution is 0.0943. The maximum Gasteiger partial charge on any atom is 0.272 e.